The third kappa shape index (κ3) is 2.17. The van der Waals surface area contributed by atoms with Gasteiger partial charge in [0.15, 0.2) is 5.82 Å². The van der Waals surface area contributed by atoms with Crippen molar-refractivity contribution in [1.29, 1.82) is 0 Å². The number of piperidine rings is 1. The molecule has 2 atom stereocenters. The first-order valence-corrected chi connectivity index (χ1v) is 7.98. The molecular formula is C14H17N3O2S. The second-order valence-electron chi connectivity index (χ2n) is 5.68. The van der Waals surface area contributed by atoms with Crippen molar-refractivity contribution in [2.45, 2.75) is 50.4 Å². The number of aliphatic hydroxyl groups excluding tert-OH is 1. The Morgan fingerprint density at radius 3 is 2.85 bits per heavy atom. The van der Waals surface area contributed by atoms with E-state index in [1.807, 2.05) is 17.5 Å². The third-order valence-corrected chi connectivity index (χ3v) is 5.24. The maximum Gasteiger partial charge on any atom is 0.268 e. The van der Waals surface area contributed by atoms with Crippen LogP contribution >= 0.6 is 11.3 Å². The molecule has 2 fully saturated rings. The first-order valence-electron chi connectivity index (χ1n) is 7.10. The fourth-order valence-electron chi connectivity index (χ4n) is 3.49. The highest BCUT2D eigenvalue weighted by atomic mass is 32.1. The standard InChI is InChI=1S/C14H17N3O2S/c18-11-6-9-3-4-10(7-11)17(9)8-13-15-14(19-16-13)12-2-1-5-20-12/h1-2,5,9-11,18H,3-4,6-8H2. The Morgan fingerprint density at radius 2 is 2.15 bits per heavy atom. The average Bonchev–Trinajstić information content (AvgIpc) is 3.12. The normalized spacial score (nSPS) is 29.9. The zero-order valence-electron chi connectivity index (χ0n) is 11.1. The van der Waals surface area contributed by atoms with Gasteiger partial charge in [0.25, 0.3) is 5.89 Å². The van der Waals surface area contributed by atoms with Crippen LogP contribution in [0.3, 0.4) is 0 Å². The van der Waals surface area contributed by atoms with Crippen molar-refractivity contribution in [3.63, 3.8) is 0 Å². The molecule has 0 spiro atoms. The molecule has 5 nitrogen and oxygen atoms in total. The maximum absolute atomic E-state index is 9.83. The Balaban J connectivity index is 1.50. The highest BCUT2D eigenvalue weighted by molar-refractivity contribution is 7.13. The summed E-state index contributed by atoms with van der Waals surface area (Å²) in [6.45, 7) is 0.733. The zero-order chi connectivity index (χ0) is 13.5. The highest BCUT2D eigenvalue weighted by Crippen LogP contribution is 2.36. The fraction of sp³-hybridized carbons (Fsp3) is 0.571. The number of nitrogens with zero attached hydrogens (tertiary/aromatic N) is 3. The molecule has 0 radical (unpaired) electrons. The van der Waals surface area contributed by atoms with Gasteiger partial charge in [-0.3, -0.25) is 4.90 Å². The van der Waals surface area contributed by atoms with Gasteiger partial charge in [-0.1, -0.05) is 11.2 Å². The van der Waals surface area contributed by atoms with Crippen LogP contribution in [-0.4, -0.2) is 38.3 Å². The predicted octanol–water partition coefficient (Wildman–Crippen LogP) is 2.29. The van der Waals surface area contributed by atoms with Crippen LogP contribution in [0.5, 0.6) is 0 Å². The summed E-state index contributed by atoms with van der Waals surface area (Å²) in [7, 11) is 0. The summed E-state index contributed by atoms with van der Waals surface area (Å²) in [5.74, 6) is 1.36. The van der Waals surface area contributed by atoms with Gasteiger partial charge in [0.1, 0.15) is 0 Å². The van der Waals surface area contributed by atoms with E-state index in [0.29, 0.717) is 18.0 Å². The lowest BCUT2D eigenvalue weighted by molar-refractivity contribution is 0.0293. The third-order valence-electron chi connectivity index (χ3n) is 4.38. The Labute approximate surface area is 121 Å². The van der Waals surface area contributed by atoms with Gasteiger partial charge in [0, 0.05) is 12.1 Å². The first kappa shape index (κ1) is 12.5. The molecule has 106 valence electrons. The number of aromatic nitrogens is 2. The molecule has 2 aliphatic rings. The summed E-state index contributed by atoms with van der Waals surface area (Å²) < 4.78 is 5.34. The SMILES string of the molecule is OC1CC2CCC(C1)N2Cc1noc(-c2cccs2)n1. The molecule has 0 saturated carbocycles. The summed E-state index contributed by atoms with van der Waals surface area (Å²) in [5.41, 5.74) is 0. The van der Waals surface area contributed by atoms with Crippen molar-refractivity contribution in [3.8, 4) is 10.8 Å². The fourth-order valence-corrected chi connectivity index (χ4v) is 4.13. The summed E-state index contributed by atoms with van der Waals surface area (Å²) in [6.07, 6.45) is 3.99. The molecule has 2 aromatic rings. The van der Waals surface area contributed by atoms with E-state index < -0.39 is 0 Å². The van der Waals surface area contributed by atoms with Crippen molar-refractivity contribution < 1.29 is 9.63 Å². The number of fused-ring (bicyclic) bond motifs is 2. The number of thiophene rings is 1. The van der Waals surface area contributed by atoms with Crippen LogP contribution in [-0.2, 0) is 6.54 Å². The van der Waals surface area contributed by atoms with Crippen molar-refractivity contribution in [1.82, 2.24) is 15.0 Å². The van der Waals surface area contributed by atoms with Crippen LogP contribution in [0, 0.1) is 0 Å². The number of aliphatic hydroxyl groups is 1. The van der Waals surface area contributed by atoms with Crippen molar-refractivity contribution in [2.24, 2.45) is 0 Å². The molecule has 2 saturated heterocycles. The van der Waals surface area contributed by atoms with E-state index in [1.165, 1.54) is 12.8 Å². The molecule has 6 heteroatoms. The smallest absolute Gasteiger partial charge is 0.268 e. The molecule has 2 aliphatic heterocycles. The Bertz CT molecular complexity index is 569. The molecule has 4 heterocycles. The molecule has 4 rings (SSSR count). The van der Waals surface area contributed by atoms with Crippen LogP contribution < -0.4 is 0 Å². The van der Waals surface area contributed by atoms with Gasteiger partial charge < -0.3 is 9.63 Å². The largest absolute Gasteiger partial charge is 0.393 e. The second-order valence-corrected chi connectivity index (χ2v) is 6.62. The molecule has 0 aromatic carbocycles. The van der Waals surface area contributed by atoms with Gasteiger partial charge in [0.2, 0.25) is 0 Å². The quantitative estimate of drug-likeness (QED) is 0.940. The molecular weight excluding hydrogens is 274 g/mol. The van der Waals surface area contributed by atoms with Gasteiger partial charge in [-0.15, -0.1) is 11.3 Å². The maximum atomic E-state index is 9.83. The van der Waals surface area contributed by atoms with Crippen LogP contribution in [0.1, 0.15) is 31.5 Å². The molecule has 2 bridgehead atoms. The summed E-state index contributed by atoms with van der Waals surface area (Å²) in [6, 6.07) is 4.93. The Kier molecular flexibility index (Phi) is 3.09. The van der Waals surface area contributed by atoms with E-state index >= 15 is 0 Å². The van der Waals surface area contributed by atoms with Gasteiger partial charge in [-0.2, -0.15) is 4.98 Å². The number of hydrogen-bond donors (Lipinski definition) is 1. The number of hydrogen-bond acceptors (Lipinski definition) is 6. The predicted molar refractivity (Wildman–Crippen MR) is 75.2 cm³/mol. The summed E-state index contributed by atoms with van der Waals surface area (Å²) in [5, 5.41) is 15.9. The van der Waals surface area contributed by atoms with E-state index in [9.17, 15) is 5.11 Å². The lowest BCUT2D eigenvalue weighted by atomic mass is 10.00. The topological polar surface area (TPSA) is 62.4 Å². The molecule has 0 amide bonds. The molecule has 2 unspecified atom stereocenters. The summed E-state index contributed by atoms with van der Waals surface area (Å²) in [4.78, 5) is 7.95. The monoisotopic (exact) mass is 291 g/mol. The van der Waals surface area contributed by atoms with Crippen molar-refractivity contribution in [3.05, 3.63) is 23.3 Å². The second kappa shape index (κ2) is 4.95. The molecule has 2 aromatic heterocycles. The van der Waals surface area contributed by atoms with E-state index in [2.05, 4.69) is 15.0 Å². The van der Waals surface area contributed by atoms with E-state index in [1.54, 1.807) is 11.3 Å². The van der Waals surface area contributed by atoms with Crippen LogP contribution in [0.4, 0.5) is 0 Å². The zero-order valence-corrected chi connectivity index (χ0v) is 11.9. The Morgan fingerprint density at radius 1 is 1.35 bits per heavy atom. The lowest BCUT2D eigenvalue weighted by Crippen LogP contribution is -2.44. The van der Waals surface area contributed by atoms with E-state index in [-0.39, 0.29) is 6.10 Å². The van der Waals surface area contributed by atoms with Crippen LogP contribution in [0.15, 0.2) is 22.0 Å². The van der Waals surface area contributed by atoms with Crippen LogP contribution in [0.2, 0.25) is 0 Å². The Hall–Kier alpha value is -1.24. The molecule has 1 N–H and O–H groups in total. The molecule has 0 aliphatic carbocycles. The molecule has 20 heavy (non-hydrogen) atoms. The highest BCUT2D eigenvalue weighted by Gasteiger charge is 2.40. The average molecular weight is 291 g/mol. The minimum absolute atomic E-state index is 0.129. The minimum atomic E-state index is -0.129. The van der Waals surface area contributed by atoms with Crippen molar-refractivity contribution >= 4 is 11.3 Å². The van der Waals surface area contributed by atoms with E-state index in [4.69, 9.17) is 4.52 Å². The van der Waals surface area contributed by atoms with Gasteiger partial charge in [-0.05, 0) is 37.1 Å². The van der Waals surface area contributed by atoms with Gasteiger partial charge in [-0.25, -0.2) is 0 Å². The van der Waals surface area contributed by atoms with Gasteiger partial charge in [0.05, 0.1) is 17.5 Å². The summed E-state index contributed by atoms with van der Waals surface area (Å²) >= 11 is 1.61. The minimum Gasteiger partial charge on any atom is -0.393 e. The van der Waals surface area contributed by atoms with Crippen molar-refractivity contribution in [2.75, 3.05) is 0 Å². The van der Waals surface area contributed by atoms with E-state index in [0.717, 1.165) is 30.1 Å². The van der Waals surface area contributed by atoms with Crippen LogP contribution in [0.25, 0.3) is 10.8 Å². The van der Waals surface area contributed by atoms with Gasteiger partial charge >= 0.3 is 0 Å². The first-order chi connectivity index (χ1) is 9.79. The number of rotatable bonds is 3. The lowest BCUT2D eigenvalue weighted by Gasteiger charge is -2.36.